The number of aryl methyl sites for hydroxylation is 2. The van der Waals surface area contributed by atoms with Crippen molar-refractivity contribution in [1.29, 1.82) is 0 Å². The van der Waals surface area contributed by atoms with E-state index in [0.29, 0.717) is 25.1 Å². The zero-order chi connectivity index (χ0) is 18.9. The van der Waals surface area contributed by atoms with Crippen LogP contribution in [0, 0.1) is 13.8 Å². The molecule has 1 atom stereocenters. The van der Waals surface area contributed by atoms with Crippen molar-refractivity contribution in [1.82, 2.24) is 4.31 Å². The molecular weight excluding hydrogens is 416 g/mol. The molecule has 1 amide bonds. The first-order valence-corrected chi connectivity index (χ1v) is 10.7. The molecule has 5 nitrogen and oxygen atoms in total. The maximum absolute atomic E-state index is 13.0. The number of benzene rings is 2. The summed E-state index contributed by atoms with van der Waals surface area (Å²) in [6, 6.07) is 11.6. The van der Waals surface area contributed by atoms with Crippen molar-refractivity contribution >= 4 is 37.5 Å². The highest BCUT2D eigenvalue weighted by Gasteiger charge is 2.39. The van der Waals surface area contributed by atoms with Crippen molar-refractivity contribution in [3.05, 3.63) is 58.1 Å². The van der Waals surface area contributed by atoms with E-state index in [9.17, 15) is 13.2 Å². The molecule has 3 rings (SSSR count). The van der Waals surface area contributed by atoms with Gasteiger partial charge in [0.25, 0.3) is 0 Å². The summed E-state index contributed by atoms with van der Waals surface area (Å²) < 4.78 is 28.2. The maximum Gasteiger partial charge on any atom is 0.243 e. The number of rotatable bonds is 4. The minimum Gasteiger partial charge on any atom is -0.324 e. The van der Waals surface area contributed by atoms with Crippen molar-refractivity contribution in [2.75, 3.05) is 11.9 Å². The predicted octanol–water partition coefficient (Wildman–Crippen LogP) is 3.86. The molecule has 1 N–H and O–H groups in total. The topological polar surface area (TPSA) is 66.5 Å². The number of nitrogens with zero attached hydrogens (tertiary/aromatic N) is 1. The minimum absolute atomic E-state index is 0.225. The molecule has 7 heteroatoms. The average Bonchev–Trinajstić information content (AvgIpc) is 3.08. The molecule has 26 heavy (non-hydrogen) atoms. The zero-order valence-corrected chi connectivity index (χ0v) is 17.1. The molecule has 1 fully saturated rings. The Bertz CT molecular complexity index is 926. The van der Waals surface area contributed by atoms with Crippen molar-refractivity contribution in [2.45, 2.75) is 37.6 Å². The van der Waals surface area contributed by atoms with Gasteiger partial charge in [0.15, 0.2) is 0 Å². The van der Waals surface area contributed by atoms with Gasteiger partial charge in [0.1, 0.15) is 6.04 Å². The Labute approximate surface area is 162 Å². The first kappa shape index (κ1) is 19.1. The Morgan fingerprint density at radius 2 is 1.85 bits per heavy atom. The molecule has 1 aliphatic rings. The number of halogens is 1. The van der Waals surface area contributed by atoms with E-state index in [2.05, 4.69) is 21.2 Å². The fourth-order valence-electron chi connectivity index (χ4n) is 3.12. The number of amides is 1. The molecule has 0 radical (unpaired) electrons. The maximum atomic E-state index is 13.0. The summed E-state index contributed by atoms with van der Waals surface area (Å²) in [5.41, 5.74) is 2.60. The first-order valence-electron chi connectivity index (χ1n) is 8.44. The van der Waals surface area contributed by atoms with Gasteiger partial charge in [0.05, 0.1) is 4.90 Å². The molecule has 0 saturated carbocycles. The number of anilines is 1. The third-order valence-electron chi connectivity index (χ3n) is 4.58. The van der Waals surface area contributed by atoms with Crippen LogP contribution in [0.3, 0.4) is 0 Å². The van der Waals surface area contributed by atoms with Crippen LogP contribution in [-0.4, -0.2) is 31.2 Å². The largest absolute Gasteiger partial charge is 0.324 e. The molecule has 2 aromatic rings. The van der Waals surface area contributed by atoms with Crippen LogP contribution in [0.1, 0.15) is 24.0 Å². The number of hydrogen-bond donors (Lipinski definition) is 1. The van der Waals surface area contributed by atoms with E-state index in [1.807, 2.05) is 32.0 Å². The molecule has 138 valence electrons. The molecule has 0 spiro atoms. The summed E-state index contributed by atoms with van der Waals surface area (Å²) in [6.45, 7) is 4.16. The van der Waals surface area contributed by atoms with Crippen LogP contribution in [0.4, 0.5) is 5.69 Å². The number of carbonyl (C=O) groups is 1. The second kappa shape index (κ2) is 7.50. The SMILES string of the molecule is Cc1ccc(S(=O)(=O)N2CCC[C@@H]2C(=O)Nc2ccc(Br)cc2C)cc1. The Balaban J connectivity index is 1.83. The summed E-state index contributed by atoms with van der Waals surface area (Å²) in [7, 11) is -3.69. The molecule has 2 aromatic carbocycles. The second-order valence-electron chi connectivity index (χ2n) is 6.54. The second-order valence-corrected chi connectivity index (χ2v) is 9.34. The van der Waals surface area contributed by atoms with E-state index in [1.165, 1.54) is 4.31 Å². The van der Waals surface area contributed by atoms with E-state index in [1.54, 1.807) is 24.3 Å². The predicted molar refractivity (Wildman–Crippen MR) is 106 cm³/mol. The normalized spacial score (nSPS) is 18.0. The van der Waals surface area contributed by atoms with Gasteiger partial charge in [-0.05, 0) is 62.6 Å². The Kier molecular flexibility index (Phi) is 5.50. The Morgan fingerprint density at radius 1 is 1.15 bits per heavy atom. The van der Waals surface area contributed by atoms with Crippen molar-refractivity contribution in [3.63, 3.8) is 0 Å². The van der Waals surface area contributed by atoms with E-state index < -0.39 is 16.1 Å². The van der Waals surface area contributed by atoms with Gasteiger partial charge in [-0.2, -0.15) is 4.31 Å². The van der Waals surface area contributed by atoms with Crippen LogP contribution < -0.4 is 5.32 Å². The molecule has 1 heterocycles. The highest BCUT2D eigenvalue weighted by atomic mass is 79.9. The van der Waals surface area contributed by atoms with Crippen LogP contribution in [0.25, 0.3) is 0 Å². The van der Waals surface area contributed by atoms with Gasteiger partial charge in [0.2, 0.25) is 15.9 Å². The molecule has 0 bridgehead atoms. The lowest BCUT2D eigenvalue weighted by atomic mass is 10.1. The van der Waals surface area contributed by atoms with E-state index >= 15 is 0 Å². The number of nitrogens with one attached hydrogen (secondary N) is 1. The molecule has 0 aromatic heterocycles. The van der Waals surface area contributed by atoms with Gasteiger partial charge < -0.3 is 5.32 Å². The zero-order valence-electron chi connectivity index (χ0n) is 14.7. The van der Waals surface area contributed by atoms with Crippen LogP contribution in [0.15, 0.2) is 51.8 Å². The fraction of sp³-hybridized carbons (Fsp3) is 0.316. The van der Waals surface area contributed by atoms with Crippen LogP contribution in [-0.2, 0) is 14.8 Å². The summed E-state index contributed by atoms with van der Waals surface area (Å²) >= 11 is 3.40. The van der Waals surface area contributed by atoms with E-state index in [4.69, 9.17) is 0 Å². The highest BCUT2D eigenvalue weighted by Crippen LogP contribution is 2.28. The lowest BCUT2D eigenvalue weighted by Gasteiger charge is -2.24. The molecular formula is C19H21BrN2O3S. The van der Waals surface area contributed by atoms with Crippen molar-refractivity contribution in [3.8, 4) is 0 Å². The third kappa shape index (κ3) is 3.84. The first-order chi connectivity index (χ1) is 12.3. The minimum atomic E-state index is -3.69. The lowest BCUT2D eigenvalue weighted by molar-refractivity contribution is -0.119. The summed E-state index contributed by atoms with van der Waals surface area (Å²) in [4.78, 5) is 13.0. The molecule has 1 aliphatic heterocycles. The number of hydrogen-bond acceptors (Lipinski definition) is 3. The van der Waals surface area contributed by atoms with Crippen LogP contribution >= 0.6 is 15.9 Å². The lowest BCUT2D eigenvalue weighted by Crippen LogP contribution is -2.43. The van der Waals surface area contributed by atoms with Crippen LogP contribution in [0.5, 0.6) is 0 Å². The monoisotopic (exact) mass is 436 g/mol. The summed E-state index contributed by atoms with van der Waals surface area (Å²) in [5.74, 6) is -0.288. The summed E-state index contributed by atoms with van der Waals surface area (Å²) in [5, 5.41) is 2.88. The Morgan fingerprint density at radius 3 is 2.50 bits per heavy atom. The van der Waals surface area contributed by atoms with Gasteiger partial charge in [-0.1, -0.05) is 33.6 Å². The van der Waals surface area contributed by atoms with E-state index in [0.717, 1.165) is 15.6 Å². The third-order valence-corrected chi connectivity index (χ3v) is 7.00. The molecule has 1 saturated heterocycles. The van der Waals surface area contributed by atoms with Gasteiger partial charge in [-0.3, -0.25) is 4.79 Å². The number of carbonyl (C=O) groups excluding carboxylic acids is 1. The number of sulfonamides is 1. The molecule has 0 aliphatic carbocycles. The van der Waals surface area contributed by atoms with E-state index in [-0.39, 0.29) is 10.8 Å². The fourth-order valence-corrected chi connectivity index (χ4v) is 5.25. The molecule has 0 unspecified atom stereocenters. The van der Waals surface area contributed by atoms with Crippen molar-refractivity contribution in [2.24, 2.45) is 0 Å². The van der Waals surface area contributed by atoms with Gasteiger partial charge in [0, 0.05) is 16.7 Å². The quantitative estimate of drug-likeness (QED) is 0.790. The highest BCUT2D eigenvalue weighted by molar-refractivity contribution is 9.10. The van der Waals surface area contributed by atoms with Crippen molar-refractivity contribution < 1.29 is 13.2 Å². The van der Waals surface area contributed by atoms with Crippen LogP contribution in [0.2, 0.25) is 0 Å². The van der Waals surface area contributed by atoms with Gasteiger partial charge >= 0.3 is 0 Å². The standard InChI is InChI=1S/C19H21BrN2O3S/c1-13-5-8-16(9-6-13)26(24,25)22-11-3-4-18(22)19(23)21-17-10-7-15(20)12-14(17)2/h5-10,12,18H,3-4,11H2,1-2H3,(H,21,23)/t18-/m1/s1. The van der Waals surface area contributed by atoms with Gasteiger partial charge in [-0.25, -0.2) is 8.42 Å². The average molecular weight is 437 g/mol. The Hall–Kier alpha value is -1.70. The van der Waals surface area contributed by atoms with Gasteiger partial charge in [-0.15, -0.1) is 0 Å². The smallest absolute Gasteiger partial charge is 0.243 e. The summed E-state index contributed by atoms with van der Waals surface area (Å²) in [6.07, 6.45) is 1.19.